The monoisotopic (exact) mass is 666 g/mol. The van der Waals surface area contributed by atoms with Gasteiger partial charge in [-0.1, -0.05) is 12.1 Å². The first-order valence-corrected chi connectivity index (χ1v) is 13.4. The number of nitrogens with zero attached hydrogens (tertiary/aromatic N) is 2. The molecule has 5 rings (SSSR count). The van der Waals surface area contributed by atoms with Crippen LogP contribution in [0.2, 0.25) is 0 Å². The molecule has 3 aliphatic carbocycles. The number of phenols is 1. The zero-order valence-electron chi connectivity index (χ0n) is 24.6. The third kappa shape index (κ3) is 5.19. The first-order valence-electron chi connectivity index (χ1n) is 13.4. The van der Waals surface area contributed by atoms with Crippen LogP contribution in [0.1, 0.15) is 27.9 Å². The van der Waals surface area contributed by atoms with Crippen LogP contribution in [0.4, 0.5) is 15.8 Å². The molecule has 45 heavy (non-hydrogen) atoms. The number of phenolic OH excluding ortho intramolecular Hbond substituents is 1. The fourth-order valence-electron chi connectivity index (χ4n) is 6.61. The Kier molecular flexibility index (Phi) is 9.66. The standard InChI is InChI=1S/C30H31FN4O8.2ClH/c1-34(2)18-8-6-5-7-13(18)29(42)33-17-11-16(31)14-9-12-10-15-22(35(3)4)25(38)21(28(32)41)27(40)30(15,43)26(39)19(12)24(37)20(14)23(17)36;;/h5-8,11-12,15,22,36-37,40,43H,9-10H2,1-4H3,(H2,32,41)(H,33,42);2*1H/t12-,15-,22-,30-;;/m0../s1. The number of amides is 2. The topological polar surface area (TPSA) is 194 Å². The number of primary amides is 1. The molecule has 0 heterocycles. The van der Waals surface area contributed by atoms with Gasteiger partial charge in [-0.05, 0) is 45.0 Å². The summed E-state index contributed by atoms with van der Waals surface area (Å²) >= 11 is 0. The van der Waals surface area contributed by atoms with Gasteiger partial charge in [-0.3, -0.25) is 24.1 Å². The molecule has 0 aliphatic heterocycles. The van der Waals surface area contributed by atoms with E-state index in [1.54, 1.807) is 37.2 Å². The molecule has 15 heteroatoms. The van der Waals surface area contributed by atoms with Crippen molar-refractivity contribution in [3.05, 3.63) is 69.7 Å². The van der Waals surface area contributed by atoms with Crippen LogP contribution in [0, 0.1) is 17.7 Å². The van der Waals surface area contributed by atoms with Crippen LogP contribution in [-0.4, -0.2) is 88.5 Å². The van der Waals surface area contributed by atoms with Crippen molar-refractivity contribution >= 4 is 65.3 Å². The molecule has 2 aromatic carbocycles. The van der Waals surface area contributed by atoms with Crippen molar-refractivity contribution < 1.29 is 44.0 Å². The molecule has 2 amide bonds. The molecule has 7 N–H and O–H groups in total. The molecule has 0 bridgehead atoms. The number of hydrogen-bond acceptors (Lipinski definition) is 10. The first-order chi connectivity index (χ1) is 20.1. The van der Waals surface area contributed by atoms with Gasteiger partial charge in [-0.15, -0.1) is 24.8 Å². The smallest absolute Gasteiger partial charge is 0.257 e. The number of nitrogens with two attached hydrogens (primary N) is 1. The number of fused-ring (bicyclic) bond motifs is 3. The van der Waals surface area contributed by atoms with Crippen LogP contribution < -0.4 is 16.0 Å². The van der Waals surface area contributed by atoms with E-state index in [4.69, 9.17) is 5.73 Å². The van der Waals surface area contributed by atoms with E-state index in [1.807, 2.05) is 0 Å². The first kappa shape index (κ1) is 35.3. The number of nitrogens with one attached hydrogen (secondary N) is 1. The zero-order valence-corrected chi connectivity index (χ0v) is 26.3. The molecule has 1 saturated carbocycles. The lowest BCUT2D eigenvalue weighted by molar-refractivity contribution is -0.153. The molecular weight excluding hydrogens is 634 g/mol. The van der Waals surface area contributed by atoms with Crippen LogP contribution in [0.5, 0.6) is 5.75 Å². The van der Waals surface area contributed by atoms with E-state index in [0.717, 1.165) is 6.07 Å². The maximum absolute atomic E-state index is 15.6. The summed E-state index contributed by atoms with van der Waals surface area (Å²) in [6.07, 6.45) is -0.391. The van der Waals surface area contributed by atoms with Crippen LogP contribution in [0.15, 0.2) is 47.2 Å². The second-order valence-corrected chi connectivity index (χ2v) is 11.4. The van der Waals surface area contributed by atoms with E-state index in [-0.39, 0.29) is 54.5 Å². The Hall–Kier alpha value is -4.17. The molecule has 242 valence electrons. The number of rotatable bonds is 5. The Morgan fingerprint density at radius 3 is 2.27 bits per heavy atom. The number of para-hydroxylation sites is 1. The molecule has 2 aromatic rings. The fourth-order valence-corrected chi connectivity index (χ4v) is 6.61. The van der Waals surface area contributed by atoms with Crippen molar-refractivity contribution in [2.24, 2.45) is 17.6 Å². The van der Waals surface area contributed by atoms with E-state index < -0.39 is 86.7 Å². The number of halogens is 3. The number of Topliss-reactive ketones (excluding diaryl/α,β-unsaturated/α-hetero) is 2. The molecule has 4 atom stereocenters. The van der Waals surface area contributed by atoms with E-state index in [2.05, 4.69) is 5.32 Å². The second kappa shape index (κ2) is 12.3. The lowest BCUT2D eigenvalue weighted by atomic mass is 9.57. The fraction of sp³-hybridized carbons (Fsp3) is 0.333. The molecule has 0 saturated heterocycles. The van der Waals surface area contributed by atoms with Gasteiger partial charge in [0.05, 0.1) is 22.9 Å². The molecule has 0 radical (unpaired) electrons. The molecule has 3 aliphatic rings. The minimum atomic E-state index is -2.82. The van der Waals surface area contributed by atoms with Crippen molar-refractivity contribution in [3.63, 3.8) is 0 Å². The number of ketones is 2. The number of aliphatic hydroxyl groups excluding tert-OH is 2. The molecule has 0 spiro atoms. The highest BCUT2D eigenvalue weighted by Gasteiger charge is 2.64. The van der Waals surface area contributed by atoms with Crippen LogP contribution in [0.3, 0.4) is 0 Å². The number of aliphatic hydroxyl groups is 3. The summed E-state index contributed by atoms with van der Waals surface area (Å²) < 4.78 is 15.6. The summed E-state index contributed by atoms with van der Waals surface area (Å²) in [5.41, 5.74) is 0.929. The summed E-state index contributed by atoms with van der Waals surface area (Å²) in [5, 5.41) is 47.6. The Morgan fingerprint density at radius 1 is 1.07 bits per heavy atom. The average Bonchev–Trinajstić information content (AvgIpc) is 2.93. The molecule has 12 nitrogen and oxygen atoms in total. The Morgan fingerprint density at radius 2 is 1.69 bits per heavy atom. The molecular formula is C30H33Cl2FN4O8. The lowest BCUT2D eigenvalue weighted by Gasteiger charge is -2.50. The van der Waals surface area contributed by atoms with Crippen molar-refractivity contribution in [2.45, 2.75) is 24.5 Å². The Balaban J connectivity index is 0.00000276. The van der Waals surface area contributed by atoms with E-state index in [9.17, 15) is 39.6 Å². The zero-order chi connectivity index (χ0) is 31.7. The lowest BCUT2D eigenvalue weighted by Crippen LogP contribution is -2.65. The average molecular weight is 668 g/mol. The highest BCUT2D eigenvalue weighted by molar-refractivity contribution is 6.24. The maximum atomic E-state index is 15.6. The minimum Gasteiger partial charge on any atom is -0.508 e. The van der Waals surface area contributed by atoms with Gasteiger partial charge in [0.1, 0.15) is 22.9 Å². The summed E-state index contributed by atoms with van der Waals surface area (Å²) in [5.74, 6) is -10.0. The number of carbonyl (C=O) groups is 4. The Labute approximate surface area is 269 Å². The van der Waals surface area contributed by atoms with E-state index in [0.29, 0.717) is 5.69 Å². The van der Waals surface area contributed by atoms with Gasteiger partial charge in [0.25, 0.3) is 11.8 Å². The van der Waals surface area contributed by atoms with Crippen molar-refractivity contribution in [2.75, 3.05) is 38.4 Å². The van der Waals surface area contributed by atoms with Crippen LogP contribution in [0.25, 0.3) is 5.76 Å². The van der Waals surface area contributed by atoms with E-state index >= 15 is 4.39 Å². The number of benzene rings is 2. The molecule has 1 fully saturated rings. The summed E-state index contributed by atoms with van der Waals surface area (Å²) in [7, 11) is 6.42. The third-order valence-corrected chi connectivity index (χ3v) is 8.55. The van der Waals surface area contributed by atoms with Gasteiger partial charge < -0.3 is 36.4 Å². The summed E-state index contributed by atoms with van der Waals surface area (Å²) in [4.78, 5) is 55.4. The van der Waals surface area contributed by atoms with Gasteiger partial charge >= 0.3 is 0 Å². The summed E-state index contributed by atoms with van der Waals surface area (Å²) in [6.45, 7) is 0. The van der Waals surface area contributed by atoms with E-state index in [1.165, 1.54) is 25.1 Å². The predicted molar refractivity (Wildman–Crippen MR) is 167 cm³/mol. The second-order valence-electron chi connectivity index (χ2n) is 11.4. The maximum Gasteiger partial charge on any atom is 0.257 e. The Bertz CT molecular complexity index is 1690. The highest BCUT2D eigenvalue weighted by atomic mass is 35.5. The molecule has 0 unspecified atom stereocenters. The van der Waals surface area contributed by atoms with Crippen molar-refractivity contribution in [1.29, 1.82) is 0 Å². The van der Waals surface area contributed by atoms with Crippen molar-refractivity contribution in [3.8, 4) is 5.75 Å². The van der Waals surface area contributed by atoms with Gasteiger partial charge in [0, 0.05) is 42.9 Å². The normalized spacial score (nSPS) is 23.8. The molecule has 0 aromatic heterocycles. The summed E-state index contributed by atoms with van der Waals surface area (Å²) in [6, 6.07) is 6.24. The van der Waals surface area contributed by atoms with Gasteiger partial charge in [-0.2, -0.15) is 0 Å². The van der Waals surface area contributed by atoms with Crippen LogP contribution >= 0.6 is 24.8 Å². The largest absolute Gasteiger partial charge is 0.508 e. The quantitative estimate of drug-likeness (QED) is 0.204. The highest BCUT2D eigenvalue weighted by Crippen LogP contribution is 2.53. The van der Waals surface area contributed by atoms with Crippen molar-refractivity contribution in [1.82, 2.24) is 4.90 Å². The van der Waals surface area contributed by atoms with Gasteiger partial charge in [0.2, 0.25) is 5.78 Å². The number of hydrogen-bond donors (Lipinski definition) is 6. The number of aromatic hydroxyl groups is 1. The number of likely N-dealkylation sites (N-methyl/N-ethyl adjacent to an activating group) is 1. The van der Waals surface area contributed by atoms with Gasteiger partial charge in [-0.25, -0.2) is 4.39 Å². The third-order valence-electron chi connectivity index (χ3n) is 8.55. The van der Waals surface area contributed by atoms with Crippen LogP contribution in [-0.2, 0) is 20.8 Å². The number of anilines is 2. The SMILES string of the molecule is CN(C)c1ccccc1C(=O)Nc1cc(F)c2c(c1O)C(O)=C1C(=O)[C@]3(O)C(O)=C(C(N)=O)C(=O)[C@@H](N(C)C)[C@@H]3C[C@@H]1C2.Cl.Cl. The minimum absolute atomic E-state index is 0. The predicted octanol–water partition coefficient (Wildman–Crippen LogP) is 2.27. The van der Waals surface area contributed by atoms with Gasteiger partial charge in [0.15, 0.2) is 17.1 Å². The number of carbonyl (C=O) groups excluding carboxylic acids is 4.